The van der Waals surface area contributed by atoms with Gasteiger partial charge in [-0.1, -0.05) is 60.7 Å². The molecule has 0 saturated heterocycles. The monoisotopic (exact) mass is 335 g/mol. The molecule has 0 aliphatic heterocycles. The van der Waals surface area contributed by atoms with E-state index >= 15 is 0 Å². The Morgan fingerprint density at radius 1 is 1.08 bits per heavy atom. The molecule has 1 N–H and O–H groups in total. The van der Waals surface area contributed by atoms with Crippen LogP contribution in [0.15, 0.2) is 60.2 Å². The van der Waals surface area contributed by atoms with Gasteiger partial charge in [-0.2, -0.15) is 0 Å². The Morgan fingerprint density at radius 3 is 2.44 bits per heavy atom. The van der Waals surface area contributed by atoms with Crippen molar-refractivity contribution in [3.63, 3.8) is 0 Å². The van der Waals surface area contributed by atoms with E-state index in [4.69, 9.17) is 0 Å². The molecular weight excluding hydrogens is 306 g/mol. The van der Waals surface area contributed by atoms with E-state index in [0.717, 1.165) is 48.1 Å². The molecule has 1 aliphatic rings. The topological polar surface area (TPSA) is 23.5 Å². The summed E-state index contributed by atoms with van der Waals surface area (Å²) in [5.41, 5.74) is 3.63. The molecule has 0 aromatic heterocycles. The minimum absolute atomic E-state index is 0.201. The first kappa shape index (κ1) is 17.9. The number of rotatable bonds is 4. The average molecular weight is 335 g/mol. The summed E-state index contributed by atoms with van der Waals surface area (Å²) in [7, 11) is 4.18. The Morgan fingerprint density at radius 2 is 1.76 bits per heavy atom. The van der Waals surface area contributed by atoms with Crippen LogP contribution in [-0.4, -0.2) is 30.6 Å². The van der Waals surface area contributed by atoms with Gasteiger partial charge in [-0.3, -0.25) is 0 Å². The van der Waals surface area contributed by atoms with Gasteiger partial charge in [-0.05, 0) is 62.5 Å². The normalized spacial score (nSPS) is 25.5. The van der Waals surface area contributed by atoms with Crippen molar-refractivity contribution in [1.29, 1.82) is 0 Å². The molecule has 0 amide bonds. The van der Waals surface area contributed by atoms with Crippen molar-refractivity contribution in [3.05, 3.63) is 76.9 Å². The van der Waals surface area contributed by atoms with Gasteiger partial charge in [-0.25, -0.2) is 0 Å². The van der Waals surface area contributed by atoms with E-state index in [1.165, 1.54) is 0 Å². The second kappa shape index (κ2) is 7.55. The van der Waals surface area contributed by atoms with Crippen molar-refractivity contribution in [2.24, 2.45) is 5.92 Å². The van der Waals surface area contributed by atoms with Crippen molar-refractivity contribution in [3.8, 4) is 0 Å². The number of aliphatic hydroxyl groups is 1. The lowest BCUT2D eigenvalue weighted by molar-refractivity contribution is -0.0178. The first-order valence-electron chi connectivity index (χ1n) is 9.21. The predicted molar refractivity (Wildman–Crippen MR) is 105 cm³/mol. The number of hydrogen-bond acceptors (Lipinski definition) is 2. The molecule has 2 aromatic rings. The number of hydrogen-bond donors (Lipinski definition) is 1. The van der Waals surface area contributed by atoms with Crippen LogP contribution in [0.4, 0.5) is 0 Å². The van der Waals surface area contributed by atoms with Crippen LogP contribution >= 0.6 is 0 Å². The fraction of sp³-hybridized carbons (Fsp3) is 0.391. The van der Waals surface area contributed by atoms with Crippen LogP contribution in [0.25, 0.3) is 6.08 Å². The van der Waals surface area contributed by atoms with Crippen LogP contribution in [-0.2, 0) is 5.60 Å². The van der Waals surface area contributed by atoms with Crippen molar-refractivity contribution < 1.29 is 5.11 Å². The van der Waals surface area contributed by atoms with Gasteiger partial charge in [0.05, 0.1) is 0 Å². The number of aryl methyl sites for hydroxylation is 1. The third-order valence-corrected chi connectivity index (χ3v) is 5.36. The van der Waals surface area contributed by atoms with Crippen molar-refractivity contribution >= 4 is 6.08 Å². The second-order valence-electron chi connectivity index (χ2n) is 7.51. The zero-order chi connectivity index (χ0) is 17.9. The van der Waals surface area contributed by atoms with Gasteiger partial charge in [0, 0.05) is 12.5 Å². The van der Waals surface area contributed by atoms with Crippen molar-refractivity contribution in [2.45, 2.75) is 31.8 Å². The van der Waals surface area contributed by atoms with Gasteiger partial charge in [0.25, 0.3) is 0 Å². The van der Waals surface area contributed by atoms with Crippen LogP contribution in [0.2, 0.25) is 0 Å². The molecule has 132 valence electrons. The molecule has 3 rings (SSSR count). The van der Waals surface area contributed by atoms with Crippen LogP contribution < -0.4 is 0 Å². The molecule has 2 unspecified atom stereocenters. The molecule has 25 heavy (non-hydrogen) atoms. The maximum Gasteiger partial charge on any atom is 0.115 e. The highest BCUT2D eigenvalue weighted by atomic mass is 16.3. The third-order valence-electron chi connectivity index (χ3n) is 5.36. The SMILES string of the molecule is Cc1ccccc1C1(O)/C(=C/c2ccccc2)CCCC1CN(C)C. The summed E-state index contributed by atoms with van der Waals surface area (Å²) in [6.07, 6.45) is 5.33. The number of benzene rings is 2. The van der Waals surface area contributed by atoms with Crippen molar-refractivity contribution in [1.82, 2.24) is 4.90 Å². The first-order valence-corrected chi connectivity index (χ1v) is 9.21. The summed E-state index contributed by atoms with van der Waals surface area (Å²) < 4.78 is 0. The van der Waals surface area contributed by atoms with E-state index in [2.05, 4.69) is 68.4 Å². The fourth-order valence-corrected chi connectivity index (χ4v) is 4.19. The molecule has 2 heteroatoms. The van der Waals surface area contributed by atoms with Crippen LogP contribution in [0.5, 0.6) is 0 Å². The average Bonchev–Trinajstić information content (AvgIpc) is 2.59. The van der Waals surface area contributed by atoms with Crippen LogP contribution in [0, 0.1) is 12.8 Å². The summed E-state index contributed by atoms with van der Waals surface area (Å²) in [5.74, 6) is 0.201. The van der Waals surface area contributed by atoms with Crippen molar-refractivity contribution in [2.75, 3.05) is 20.6 Å². The summed E-state index contributed by atoms with van der Waals surface area (Å²) in [6, 6.07) is 18.7. The molecule has 2 nitrogen and oxygen atoms in total. The van der Waals surface area contributed by atoms with Gasteiger partial charge in [-0.15, -0.1) is 0 Å². The van der Waals surface area contributed by atoms with Gasteiger partial charge in [0.2, 0.25) is 0 Å². The molecule has 0 radical (unpaired) electrons. The molecule has 1 fully saturated rings. The van der Waals surface area contributed by atoms with E-state index < -0.39 is 5.60 Å². The summed E-state index contributed by atoms with van der Waals surface area (Å²) in [6.45, 7) is 2.99. The van der Waals surface area contributed by atoms with E-state index in [-0.39, 0.29) is 5.92 Å². The minimum atomic E-state index is -0.899. The van der Waals surface area contributed by atoms with Crippen LogP contribution in [0.1, 0.15) is 36.0 Å². The molecule has 1 saturated carbocycles. The lowest BCUT2D eigenvalue weighted by Gasteiger charge is -2.44. The minimum Gasteiger partial charge on any atom is -0.380 e. The smallest absolute Gasteiger partial charge is 0.115 e. The lowest BCUT2D eigenvalue weighted by Crippen LogP contribution is -2.45. The standard InChI is InChI=1S/C23H29NO/c1-18-10-7-8-15-22(18)23(25)20(16-19-11-5-4-6-12-19)13-9-14-21(23)17-24(2)3/h4-8,10-12,15-16,21,25H,9,13-14,17H2,1-3H3/b20-16+. The maximum atomic E-state index is 12.1. The highest BCUT2D eigenvalue weighted by Gasteiger charge is 2.44. The molecule has 2 aromatic carbocycles. The van der Waals surface area contributed by atoms with E-state index in [9.17, 15) is 5.11 Å². The Balaban J connectivity index is 2.12. The zero-order valence-electron chi connectivity index (χ0n) is 15.6. The second-order valence-corrected chi connectivity index (χ2v) is 7.51. The first-order chi connectivity index (χ1) is 12.0. The van der Waals surface area contributed by atoms with E-state index in [1.54, 1.807) is 0 Å². The van der Waals surface area contributed by atoms with Gasteiger partial charge < -0.3 is 10.0 Å². The Kier molecular flexibility index (Phi) is 5.41. The Labute approximate surface area is 151 Å². The predicted octanol–water partition coefficient (Wildman–Crippen LogP) is 4.63. The highest BCUT2D eigenvalue weighted by molar-refractivity contribution is 5.58. The van der Waals surface area contributed by atoms with E-state index in [0.29, 0.717) is 0 Å². The molecule has 0 bridgehead atoms. The maximum absolute atomic E-state index is 12.1. The molecule has 0 heterocycles. The molecule has 0 spiro atoms. The van der Waals surface area contributed by atoms with E-state index in [1.807, 2.05) is 18.2 Å². The van der Waals surface area contributed by atoms with Gasteiger partial charge in [0.15, 0.2) is 0 Å². The molecular formula is C23H29NO. The van der Waals surface area contributed by atoms with Crippen LogP contribution in [0.3, 0.4) is 0 Å². The quantitative estimate of drug-likeness (QED) is 0.881. The Hall–Kier alpha value is -1.90. The molecule has 2 atom stereocenters. The summed E-state index contributed by atoms with van der Waals surface area (Å²) in [4.78, 5) is 2.19. The Bertz CT molecular complexity index is 735. The van der Waals surface area contributed by atoms with Gasteiger partial charge in [0.1, 0.15) is 5.60 Å². The zero-order valence-corrected chi connectivity index (χ0v) is 15.6. The third kappa shape index (κ3) is 3.70. The largest absolute Gasteiger partial charge is 0.380 e. The lowest BCUT2D eigenvalue weighted by atomic mass is 9.67. The summed E-state index contributed by atoms with van der Waals surface area (Å²) in [5, 5.41) is 12.1. The number of nitrogens with zero attached hydrogens (tertiary/aromatic N) is 1. The van der Waals surface area contributed by atoms with Gasteiger partial charge >= 0.3 is 0 Å². The molecule has 1 aliphatic carbocycles. The highest BCUT2D eigenvalue weighted by Crippen LogP contribution is 2.47. The fourth-order valence-electron chi connectivity index (χ4n) is 4.19. The summed E-state index contributed by atoms with van der Waals surface area (Å²) >= 11 is 0.